The number of aryl methyl sites for hydroxylation is 1. The number of carbonyl (C=O) groups is 1. The van der Waals surface area contributed by atoms with Crippen LogP contribution in [0.3, 0.4) is 0 Å². The minimum atomic E-state index is 0.204. The number of aromatic nitrogens is 2. The van der Waals surface area contributed by atoms with Crippen molar-refractivity contribution < 1.29 is 9.53 Å². The Morgan fingerprint density at radius 2 is 1.92 bits per heavy atom. The third-order valence-electron chi connectivity index (χ3n) is 4.94. The lowest BCUT2D eigenvalue weighted by atomic mass is 10.1. The molecule has 1 aliphatic heterocycles. The van der Waals surface area contributed by atoms with Crippen LogP contribution in [-0.4, -0.2) is 22.2 Å². The van der Waals surface area contributed by atoms with E-state index in [4.69, 9.17) is 4.74 Å². The Labute approximate surface area is 142 Å². The number of hydrogen-bond donors (Lipinski definition) is 0. The van der Waals surface area contributed by atoms with Gasteiger partial charge < -0.3 is 4.74 Å². The molecule has 126 valence electrons. The summed E-state index contributed by atoms with van der Waals surface area (Å²) in [4.78, 5) is 14.7. The molecule has 4 rings (SSSR count). The fourth-order valence-electron chi connectivity index (χ4n) is 3.69. The minimum absolute atomic E-state index is 0.204. The van der Waals surface area contributed by atoms with E-state index in [1.807, 2.05) is 46.0 Å². The minimum Gasteiger partial charge on any atom is -0.487 e. The summed E-state index contributed by atoms with van der Waals surface area (Å²) in [5, 5.41) is 4.62. The van der Waals surface area contributed by atoms with Crippen molar-refractivity contribution in [3.8, 4) is 5.75 Å². The maximum Gasteiger partial charge on any atom is 0.231 e. The molecule has 1 aromatic heterocycles. The Morgan fingerprint density at radius 1 is 1.12 bits per heavy atom. The van der Waals surface area contributed by atoms with Crippen molar-refractivity contribution in [1.82, 2.24) is 9.78 Å². The van der Waals surface area contributed by atoms with Crippen LogP contribution in [0, 0.1) is 5.92 Å². The van der Waals surface area contributed by atoms with E-state index < -0.39 is 0 Å². The zero-order chi connectivity index (χ0) is 16.4. The van der Waals surface area contributed by atoms with Gasteiger partial charge in [-0.3, -0.25) is 9.69 Å². The topological polar surface area (TPSA) is 47.4 Å². The summed E-state index contributed by atoms with van der Waals surface area (Å²) in [6.45, 7) is 2.10. The Morgan fingerprint density at radius 3 is 2.71 bits per heavy atom. The van der Waals surface area contributed by atoms with Crippen LogP contribution in [0.5, 0.6) is 5.75 Å². The lowest BCUT2D eigenvalue weighted by Gasteiger charge is -2.29. The molecule has 0 atom stereocenters. The van der Waals surface area contributed by atoms with Crippen molar-refractivity contribution >= 4 is 11.7 Å². The Hall–Kier alpha value is -2.30. The number of fused-ring (bicyclic) bond motifs is 1. The van der Waals surface area contributed by atoms with Crippen LogP contribution >= 0.6 is 0 Å². The quantitative estimate of drug-likeness (QED) is 0.866. The van der Waals surface area contributed by atoms with E-state index in [1.165, 1.54) is 12.8 Å². The van der Waals surface area contributed by atoms with Crippen LogP contribution in [0.25, 0.3) is 0 Å². The summed E-state index contributed by atoms with van der Waals surface area (Å²) >= 11 is 0. The van der Waals surface area contributed by atoms with Gasteiger partial charge in [0.05, 0.1) is 0 Å². The molecule has 24 heavy (non-hydrogen) atoms. The molecule has 1 fully saturated rings. The van der Waals surface area contributed by atoms with E-state index in [0.29, 0.717) is 6.61 Å². The molecule has 0 bridgehead atoms. The molecule has 1 aromatic carbocycles. The van der Waals surface area contributed by atoms with Crippen LogP contribution in [0.4, 0.5) is 5.82 Å². The standard InChI is InChI=1S/C19H23N3O2/c23-19(15-7-4-5-8-15)21-11-6-12-22-18(21)13-16(20-22)14-24-17-9-2-1-3-10-17/h1-3,9-10,13,15H,4-8,11-12,14H2. The van der Waals surface area contributed by atoms with E-state index in [0.717, 1.165) is 49.6 Å². The van der Waals surface area contributed by atoms with Gasteiger partial charge in [0.1, 0.15) is 23.9 Å². The smallest absolute Gasteiger partial charge is 0.231 e. The molecular weight excluding hydrogens is 302 g/mol. The fraction of sp³-hybridized carbons (Fsp3) is 0.474. The third-order valence-corrected chi connectivity index (χ3v) is 4.94. The zero-order valence-electron chi connectivity index (χ0n) is 13.9. The van der Waals surface area contributed by atoms with E-state index in [2.05, 4.69) is 5.10 Å². The Kier molecular flexibility index (Phi) is 4.24. The largest absolute Gasteiger partial charge is 0.487 e. The summed E-state index contributed by atoms with van der Waals surface area (Å²) in [6.07, 6.45) is 5.40. The van der Waals surface area contributed by atoms with Gasteiger partial charge in [0.2, 0.25) is 5.91 Å². The Bertz CT molecular complexity index is 705. The third kappa shape index (κ3) is 3.03. The number of amides is 1. The predicted molar refractivity (Wildman–Crippen MR) is 91.9 cm³/mol. The highest BCUT2D eigenvalue weighted by atomic mass is 16.5. The van der Waals surface area contributed by atoms with Gasteiger partial charge in [-0.05, 0) is 31.4 Å². The molecular formula is C19H23N3O2. The molecule has 0 N–H and O–H groups in total. The summed E-state index contributed by atoms with van der Waals surface area (Å²) in [7, 11) is 0. The highest BCUT2D eigenvalue weighted by Crippen LogP contribution is 2.30. The SMILES string of the molecule is O=C(C1CCCC1)N1CCCn2nc(COc3ccccc3)cc21. The number of benzene rings is 1. The van der Waals surface area contributed by atoms with Gasteiger partial charge in [-0.2, -0.15) is 5.10 Å². The molecule has 2 heterocycles. The number of hydrogen-bond acceptors (Lipinski definition) is 3. The lowest BCUT2D eigenvalue weighted by Crippen LogP contribution is -2.40. The lowest BCUT2D eigenvalue weighted by molar-refractivity contribution is -0.122. The number of nitrogens with zero attached hydrogens (tertiary/aromatic N) is 3. The number of para-hydroxylation sites is 1. The summed E-state index contributed by atoms with van der Waals surface area (Å²) in [5.41, 5.74) is 0.875. The monoisotopic (exact) mass is 325 g/mol. The number of ether oxygens (including phenoxy) is 1. The van der Waals surface area contributed by atoms with Crippen LogP contribution in [-0.2, 0) is 17.9 Å². The first-order chi connectivity index (χ1) is 11.8. The van der Waals surface area contributed by atoms with Crippen molar-refractivity contribution in [2.24, 2.45) is 5.92 Å². The second-order valence-corrected chi connectivity index (χ2v) is 6.64. The summed E-state index contributed by atoms with van der Waals surface area (Å²) in [5.74, 6) is 2.26. The van der Waals surface area contributed by atoms with Crippen LogP contribution in [0.2, 0.25) is 0 Å². The molecule has 1 aliphatic carbocycles. The molecule has 1 saturated carbocycles. The molecule has 0 saturated heterocycles. The average molecular weight is 325 g/mol. The second-order valence-electron chi connectivity index (χ2n) is 6.64. The van der Waals surface area contributed by atoms with Crippen LogP contribution in [0.1, 0.15) is 37.8 Å². The van der Waals surface area contributed by atoms with Gasteiger partial charge in [-0.1, -0.05) is 31.0 Å². The van der Waals surface area contributed by atoms with Gasteiger partial charge in [-0.15, -0.1) is 0 Å². The van der Waals surface area contributed by atoms with Crippen molar-refractivity contribution in [1.29, 1.82) is 0 Å². The molecule has 1 amide bonds. The first-order valence-electron chi connectivity index (χ1n) is 8.87. The number of anilines is 1. The van der Waals surface area contributed by atoms with Crippen LogP contribution in [0.15, 0.2) is 36.4 Å². The van der Waals surface area contributed by atoms with Crippen molar-refractivity contribution in [2.75, 3.05) is 11.4 Å². The highest BCUT2D eigenvalue weighted by Gasteiger charge is 2.31. The van der Waals surface area contributed by atoms with Gasteiger partial charge in [0.25, 0.3) is 0 Å². The average Bonchev–Trinajstić information content (AvgIpc) is 3.29. The van der Waals surface area contributed by atoms with Crippen LogP contribution < -0.4 is 9.64 Å². The van der Waals surface area contributed by atoms with Crippen molar-refractivity contribution in [3.63, 3.8) is 0 Å². The number of carbonyl (C=O) groups excluding carboxylic acids is 1. The van der Waals surface area contributed by atoms with E-state index >= 15 is 0 Å². The fourth-order valence-corrected chi connectivity index (χ4v) is 3.69. The molecule has 0 spiro atoms. The molecule has 5 heteroatoms. The molecule has 0 radical (unpaired) electrons. The molecule has 2 aliphatic rings. The molecule has 5 nitrogen and oxygen atoms in total. The zero-order valence-corrected chi connectivity index (χ0v) is 13.9. The van der Waals surface area contributed by atoms with Gasteiger partial charge in [0, 0.05) is 25.1 Å². The van der Waals surface area contributed by atoms with Crippen molar-refractivity contribution in [2.45, 2.75) is 45.3 Å². The van der Waals surface area contributed by atoms with Gasteiger partial charge >= 0.3 is 0 Å². The second kappa shape index (κ2) is 6.67. The summed E-state index contributed by atoms with van der Waals surface area (Å²) < 4.78 is 7.74. The number of rotatable bonds is 4. The van der Waals surface area contributed by atoms with E-state index in [-0.39, 0.29) is 11.8 Å². The van der Waals surface area contributed by atoms with Gasteiger partial charge in [-0.25, -0.2) is 4.68 Å². The first-order valence-corrected chi connectivity index (χ1v) is 8.87. The highest BCUT2D eigenvalue weighted by molar-refractivity contribution is 5.94. The maximum absolute atomic E-state index is 12.8. The van der Waals surface area contributed by atoms with Crippen molar-refractivity contribution in [3.05, 3.63) is 42.1 Å². The van der Waals surface area contributed by atoms with E-state index in [9.17, 15) is 4.79 Å². The summed E-state index contributed by atoms with van der Waals surface area (Å²) in [6, 6.07) is 11.8. The maximum atomic E-state index is 12.8. The Balaban J connectivity index is 1.49. The van der Waals surface area contributed by atoms with E-state index in [1.54, 1.807) is 0 Å². The van der Waals surface area contributed by atoms with Gasteiger partial charge in [0.15, 0.2) is 0 Å². The predicted octanol–water partition coefficient (Wildman–Crippen LogP) is 3.39. The molecule has 2 aromatic rings. The molecule has 0 unspecified atom stereocenters. The first kappa shape index (κ1) is 15.2. The normalized spacial score (nSPS) is 17.8.